The second-order valence-electron chi connectivity index (χ2n) is 5.13. The lowest BCUT2D eigenvalue weighted by molar-refractivity contribution is 0.798. The molecule has 2 aromatic heterocycles. The lowest BCUT2D eigenvalue weighted by Crippen LogP contribution is -2.24. The molecule has 1 aliphatic heterocycles. The van der Waals surface area contributed by atoms with E-state index in [1.807, 2.05) is 12.1 Å². The standard InChI is InChI=1S/C14H14N6O/c15-11-3-1-2-9-4-5-19(13(9)11)7-10-6-12(21)20-14(18-10)16-8-17-20/h1-3,6,8H,4-5,7,15H2,(H,16,17,18). The maximum absolute atomic E-state index is 12.0. The van der Waals surface area contributed by atoms with E-state index in [9.17, 15) is 4.79 Å². The third-order valence-corrected chi connectivity index (χ3v) is 3.79. The van der Waals surface area contributed by atoms with Gasteiger partial charge in [0.2, 0.25) is 0 Å². The molecule has 0 atom stereocenters. The molecule has 0 fully saturated rings. The number of nitrogens with one attached hydrogen (secondary N) is 1. The third kappa shape index (κ3) is 1.85. The van der Waals surface area contributed by atoms with Gasteiger partial charge in [-0.25, -0.2) is 9.97 Å². The summed E-state index contributed by atoms with van der Waals surface area (Å²) in [4.78, 5) is 22.5. The van der Waals surface area contributed by atoms with Gasteiger partial charge in [0, 0.05) is 12.6 Å². The van der Waals surface area contributed by atoms with Crippen LogP contribution in [0, 0.1) is 0 Å². The number of rotatable bonds is 2. The lowest BCUT2D eigenvalue weighted by atomic mass is 10.1. The number of nitrogen functional groups attached to an aromatic ring is 1. The predicted molar refractivity (Wildman–Crippen MR) is 79.2 cm³/mol. The molecule has 0 saturated carbocycles. The zero-order chi connectivity index (χ0) is 14.4. The number of para-hydroxylation sites is 1. The average molecular weight is 282 g/mol. The quantitative estimate of drug-likeness (QED) is 0.670. The number of nitrogens with two attached hydrogens (primary N) is 1. The molecule has 0 unspecified atom stereocenters. The van der Waals surface area contributed by atoms with Gasteiger partial charge in [0.05, 0.1) is 23.6 Å². The maximum Gasteiger partial charge on any atom is 0.274 e. The number of hydrogen-bond acceptors (Lipinski definition) is 5. The molecule has 106 valence electrons. The summed E-state index contributed by atoms with van der Waals surface area (Å²) in [6.07, 6.45) is 2.42. The van der Waals surface area contributed by atoms with E-state index in [1.54, 1.807) is 0 Å². The van der Waals surface area contributed by atoms with Crippen LogP contribution in [-0.2, 0) is 13.0 Å². The molecule has 3 N–H and O–H groups in total. The minimum atomic E-state index is -0.159. The Hall–Kier alpha value is -2.83. The van der Waals surface area contributed by atoms with Crippen molar-refractivity contribution in [3.05, 3.63) is 52.2 Å². The summed E-state index contributed by atoms with van der Waals surface area (Å²) in [6, 6.07) is 7.49. The highest BCUT2D eigenvalue weighted by Gasteiger charge is 2.22. The lowest BCUT2D eigenvalue weighted by Gasteiger charge is -2.20. The van der Waals surface area contributed by atoms with Crippen LogP contribution in [0.5, 0.6) is 0 Å². The van der Waals surface area contributed by atoms with Crippen molar-refractivity contribution in [2.45, 2.75) is 13.0 Å². The largest absolute Gasteiger partial charge is 0.397 e. The maximum atomic E-state index is 12.0. The summed E-state index contributed by atoms with van der Waals surface area (Å²) in [5, 5.41) is 2.73. The van der Waals surface area contributed by atoms with Crippen LogP contribution in [0.1, 0.15) is 11.3 Å². The van der Waals surface area contributed by atoms with Gasteiger partial charge in [0.15, 0.2) is 0 Å². The fraction of sp³-hybridized carbons (Fsp3) is 0.214. The average Bonchev–Trinajstić information content (AvgIpc) is 3.07. The van der Waals surface area contributed by atoms with Gasteiger partial charge < -0.3 is 10.6 Å². The van der Waals surface area contributed by atoms with Gasteiger partial charge in [-0.05, 0) is 18.1 Å². The summed E-state index contributed by atoms with van der Waals surface area (Å²) in [5.74, 6) is 0.387. The molecule has 1 aromatic carbocycles. The number of fused-ring (bicyclic) bond motifs is 2. The number of aromatic nitrogens is 4. The molecule has 7 heteroatoms. The summed E-state index contributed by atoms with van der Waals surface area (Å²) in [6.45, 7) is 1.44. The minimum absolute atomic E-state index is 0.159. The second-order valence-corrected chi connectivity index (χ2v) is 5.13. The Bertz CT molecular complexity index is 881. The molecule has 0 saturated heterocycles. The first-order valence-electron chi connectivity index (χ1n) is 6.77. The molecule has 4 rings (SSSR count). The third-order valence-electron chi connectivity index (χ3n) is 3.79. The van der Waals surface area contributed by atoms with Crippen molar-refractivity contribution in [2.24, 2.45) is 0 Å². The van der Waals surface area contributed by atoms with E-state index >= 15 is 0 Å². The number of anilines is 2. The van der Waals surface area contributed by atoms with Crippen molar-refractivity contribution in [3.8, 4) is 0 Å². The van der Waals surface area contributed by atoms with Crippen LogP contribution in [-0.4, -0.2) is 26.1 Å². The highest BCUT2D eigenvalue weighted by atomic mass is 16.1. The van der Waals surface area contributed by atoms with Gasteiger partial charge in [-0.15, -0.1) is 0 Å². The minimum Gasteiger partial charge on any atom is -0.397 e. The number of hydrogen-bond donors (Lipinski definition) is 2. The summed E-state index contributed by atoms with van der Waals surface area (Å²) in [7, 11) is 0. The Balaban J connectivity index is 1.72. The van der Waals surface area contributed by atoms with E-state index in [0.29, 0.717) is 18.0 Å². The van der Waals surface area contributed by atoms with Crippen LogP contribution >= 0.6 is 0 Å². The Morgan fingerprint density at radius 1 is 1.38 bits per heavy atom. The second kappa shape index (κ2) is 4.34. The van der Waals surface area contributed by atoms with Gasteiger partial charge in [0.25, 0.3) is 11.3 Å². The molecule has 21 heavy (non-hydrogen) atoms. The highest BCUT2D eigenvalue weighted by Crippen LogP contribution is 2.34. The first-order chi connectivity index (χ1) is 10.2. The topological polar surface area (TPSA) is 92.3 Å². The number of H-pyrrole nitrogens is 1. The normalized spacial score (nSPS) is 13.8. The van der Waals surface area contributed by atoms with Crippen LogP contribution < -0.4 is 16.2 Å². The monoisotopic (exact) mass is 282 g/mol. The Labute approximate surface area is 120 Å². The molecule has 0 amide bonds. The van der Waals surface area contributed by atoms with Crippen LogP contribution in [0.3, 0.4) is 0 Å². The Morgan fingerprint density at radius 2 is 2.29 bits per heavy atom. The predicted octanol–water partition coefficient (Wildman–Crippen LogP) is 0.562. The molecule has 0 spiro atoms. The smallest absolute Gasteiger partial charge is 0.274 e. The van der Waals surface area contributed by atoms with E-state index in [0.717, 1.165) is 24.3 Å². The zero-order valence-corrected chi connectivity index (χ0v) is 11.3. The van der Waals surface area contributed by atoms with E-state index in [2.05, 4.69) is 26.0 Å². The fourth-order valence-corrected chi connectivity index (χ4v) is 2.87. The molecule has 0 radical (unpaired) electrons. The van der Waals surface area contributed by atoms with E-state index in [-0.39, 0.29) is 5.56 Å². The number of nitrogens with zero attached hydrogens (tertiary/aromatic N) is 4. The molecular formula is C14H14N6O. The van der Waals surface area contributed by atoms with Crippen LogP contribution in [0.15, 0.2) is 35.4 Å². The van der Waals surface area contributed by atoms with E-state index in [1.165, 1.54) is 22.5 Å². The summed E-state index contributed by atoms with van der Waals surface area (Å²) in [5.41, 5.74) is 9.68. The van der Waals surface area contributed by atoms with Crippen molar-refractivity contribution in [1.82, 2.24) is 19.6 Å². The van der Waals surface area contributed by atoms with Crippen LogP contribution in [0.4, 0.5) is 11.4 Å². The van der Waals surface area contributed by atoms with E-state index in [4.69, 9.17) is 5.73 Å². The van der Waals surface area contributed by atoms with Crippen molar-refractivity contribution in [2.75, 3.05) is 17.2 Å². The van der Waals surface area contributed by atoms with Crippen molar-refractivity contribution in [1.29, 1.82) is 0 Å². The number of benzene rings is 1. The van der Waals surface area contributed by atoms with Crippen molar-refractivity contribution in [3.63, 3.8) is 0 Å². The molecule has 3 heterocycles. The fourth-order valence-electron chi connectivity index (χ4n) is 2.87. The molecule has 0 bridgehead atoms. The molecular weight excluding hydrogens is 268 g/mol. The summed E-state index contributed by atoms with van der Waals surface area (Å²) < 4.78 is 1.32. The van der Waals surface area contributed by atoms with Gasteiger partial charge in [-0.1, -0.05) is 12.1 Å². The van der Waals surface area contributed by atoms with Gasteiger partial charge >= 0.3 is 0 Å². The van der Waals surface area contributed by atoms with Gasteiger partial charge in [0.1, 0.15) is 6.33 Å². The van der Waals surface area contributed by atoms with Crippen LogP contribution in [0.25, 0.3) is 5.78 Å². The number of aromatic amines is 1. The van der Waals surface area contributed by atoms with Crippen molar-refractivity contribution < 1.29 is 0 Å². The Morgan fingerprint density at radius 3 is 3.19 bits per heavy atom. The van der Waals surface area contributed by atoms with E-state index < -0.39 is 0 Å². The SMILES string of the molecule is Nc1cccc2c1N(Cc1cc(=O)n3[nH]cnc3n1)CC2. The first kappa shape index (κ1) is 12.0. The van der Waals surface area contributed by atoms with Crippen LogP contribution in [0.2, 0.25) is 0 Å². The first-order valence-corrected chi connectivity index (χ1v) is 6.77. The zero-order valence-electron chi connectivity index (χ0n) is 11.3. The highest BCUT2D eigenvalue weighted by molar-refractivity contribution is 5.74. The van der Waals surface area contributed by atoms with Crippen molar-refractivity contribution >= 4 is 17.2 Å². The Kier molecular flexibility index (Phi) is 2.47. The van der Waals surface area contributed by atoms with Gasteiger partial charge in [-0.3, -0.25) is 9.89 Å². The molecule has 1 aliphatic rings. The molecule has 3 aromatic rings. The van der Waals surface area contributed by atoms with Gasteiger partial charge in [-0.2, -0.15) is 4.52 Å². The molecule has 0 aliphatic carbocycles. The summed E-state index contributed by atoms with van der Waals surface area (Å²) >= 11 is 0. The molecule has 7 nitrogen and oxygen atoms in total.